The molecule has 0 unspecified atom stereocenters. The number of hydrogen-bond acceptors (Lipinski definition) is 3. The van der Waals surface area contributed by atoms with E-state index in [1.54, 1.807) is 5.43 Å². The SMILES string of the molecule is CC(C)CCCCCCNC(=O)C(=O)NN. The molecule has 0 radical (unpaired) electrons. The van der Waals surface area contributed by atoms with Crippen LogP contribution in [0.4, 0.5) is 0 Å². The highest BCUT2D eigenvalue weighted by atomic mass is 16.2. The maximum Gasteiger partial charge on any atom is 0.323 e. The van der Waals surface area contributed by atoms with Crippen molar-refractivity contribution in [2.45, 2.75) is 46.0 Å². The van der Waals surface area contributed by atoms with Crippen LogP contribution in [0.1, 0.15) is 46.0 Å². The summed E-state index contributed by atoms with van der Waals surface area (Å²) in [5.41, 5.74) is 1.79. The Hall–Kier alpha value is -1.10. The molecule has 5 nitrogen and oxygen atoms in total. The average Bonchev–Trinajstić information content (AvgIpc) is 2.25. The van der Waals surface area contributed by atoms with Crippen LogP contribution >= 0.6 is 0 Å². The maximum atomic E-state index is 10.9. The van der Waals surface area contributed by atoms with Gasteiger partial charge in [0, 0.05) is 6.54 Å². The molecule has 4 N–H and O–H groups in total. The molecule has 0 saturated carbocycles. The first kappa shape index (κ1) is 14.9. The zero-order chi connectivity index (χ0) is 12.4. The first-order chi connectivity index (χ1) is 7.57. The van der Waals surface area contributed by atoms with E-state index in [-0.39, 0.29) is 0 Å². The molecule has 5 heteroatoms. The van der Waals surface area contributed by atoms with E-state index in [9.17, 15) is 9.59 Å². The largest absolute Gasteiger partial charge is 0.348 e. The smallest absolute Gasteiger partial charge is 0.323 e. The maximum absolute atomic E-state index is 10.9. The summed E-state index contributed by atoms with van der Waals surface area (Å²) in [6, 6.07) is 0. The lowest BCUT2D eigenvalue weighted by atomic mass is 10.0. The molecular formula is C11H23N3O2. The lowest BCUT2D eigenvalue weighted by Gasteiger charge is -2.05. The molecule has 0 aliphatic rings. The second-order valence-electron chi connectivity index (χ2n) is 4.33. The van der Waals surface area contributed by atoms with E-state index < -0.39 is 11.8 Å². The molecule has 0 fully saturated rings. The van der Waals surface area contributed by atoms with Crippen molar-refractivity contribution < 1.29 is 9.59 Å². The molecule has 0 aromatic carbocycles. The van der Waals surface area contributed by atoms with Gasteiger partial charge in [0.15, 0.2) is 0 Å². The summed E-state index contributed by atoms with van der Waals surface area (Å²) in [7, 11) is 0. The predicted molar refractivity (Wildman–Crippen MR) is 63.3 cm³/mol. The predicted octanol–water partition coefficient (Wildman–Crippen LogP) is 0.699. The Bertz CT molecular complexity index is 217. The molecule has 0 heterocycles. The number of nitrogens with two attached hydrogens (primary N) is 1. The Labute approximate surface area is 97.1 Å². The Balaban J connectivity index is 3.27. The Morgan fingerprint density at radius 1 is 1.06 bits per heavy atom. The van der Waals surface area contributed by atoms with Gasteiger partial charge in [-0.2, -0.15) is 0 Å². The number of nitrogens with one attached hydrogen (secondary N) is 2. The third kappa shape index (κ3) is 8.23. The van der Waals surface area contributed by atoms with Gasteiger partial charge in [0.25, 0.3) is 0 Å². The molecule has 0 rings (SSSR count). The highest BCUT2D eigenvalue weighted by Gasteiger charge is 2.09. The molecule has 0 aliphatic carbocycles. The molecule has 2 amide bonds. The zero-order valence-electron chi connectivity index (χ0n) is 10.2. The number of rotatable bonds is 7. The normalized spacial score (nSPS) is 10.2. The van der Waals surface area contributed by atoms with Gasteiger partial charge in [0.05, 0.1) is 0 Å². The Morgan fingerprint density at radius 2 is 1.69 bits per heavy atom. The van der Waals surface area contributed by atoms with E-state index in [1.807, 2.05) is 0 Å². The number of hydrogen-bond donors (Lipinski definition) is 3. The van der Waals surface area contributed by atoms with Gasteiger partial charge in [-0.1, -0.05) is 39.5 Å². The Kier molecular flexibility index (Phi) is 8.52. The monoisotopic (exact) mass is 229 g/mol. The quantitative estimate of drug-likeness (QED) is 0.197. The van der Waals surface area contributed by atoms with E-state index in [1.165, 1.54) is 19.3 Å². The van der Waals surface area contributed by atoms with Crippen molar-refractivity contribution in [2.24, 2.45) is 11.8 Å². The third-order valence-electron chi connectivity index (χ3n) is 2.33. The minimum Gasteiger partial charge on any atom is -0.348 e. The summed E-state index contributed by atoms with van der Waals surface area (Å²) in [6.45, 7) is 4.96. The van der Waals surface area contributed by atoms with Crippen molar-refractivity contribution in [3.05, 3.63) is 0 Å². The second-order valence-corrected chi connectivity index (χ2v) is 4.33. The number of carbonyl (C=O) groups excluding carboxylic acids is 2. The summed E-state index contributed by atoms with van der Waals surface area (Å²) < 4.78 is 0. The van der Waals surface area contributed by atoms with Gasteiger partial charge in [-0.25, -0.2) is 5.84 Å². The van der Waals surface area contributed by atoms with Crippen LogP contribution in [0.5, 0.6) is 0 Å². The molecule has 0 bridgehead atoms. The van der Waals surface area contributed by atoms with E-state index in [0.29, 0.717) is 6.54 Å². The number of unbranched alkanes of at least 4 members (excludes halogenated alkanes) is 3. The standard InChI is InChI=1S/C11H23N3O2/c1-9(2)7-5-3-4-6-8-13-10(15)11(16)14-12/h9H,3-8,12H2,1-2H3,(H,13,15)(H,14,16). The first-order valence-electron chi connectivity index (χ1n) is 5.86. The summed E-state index contributed by atoms with van der Waals surface area (Å²) in [5.74, 6) is 4.11. The highest BCUT2D eigenvalue weighted by molar-refractivity contribution is 6.34. The van der Waals surface area contributed by atoms with Crippen molar-refractivity contribution in [3.8, 4) is 0 Å². The summed E-state index contributed by atoms with van der Waals surface area (Å²) in [4.78, 5) is 21.7. The van der Waals surface area contributed by atoms with Crippen LogP contribution in [0, 0.1) is 5.92 Å². The van der Waals surface area contributed by atoms with Crippen LogP contribution in [0.3, 0.4) is 0 Å². The van der Waals surface area contributed by atoms with Crippen molar-refractivity contribution >= 4 is 11.8 Å². The fourth-order valence-electron chi connectivity index (χ4n) is 1.38. The topological polar surface area (TPSA) is 84.2 Å². The van der Waals surface area contributed by atoms with Gasteiger partial charge in [0.1, 0.15) is 0 Å². The zero-order valence-corrected chi connectivity index (χ0v) is 10.2. The second kappa shape index (κ2) is 9.15. The average molecular weight is 229 g/mol. The van der Waals surface area contributed by atoms with Crippen LogP contribution in [0.15, 0.2) is 0 Å². The van der Waals surface area contributed by atoms with Crippen LogP contribution in [-0.2, 0) is 9.59 Å². The summed E-state index contributed by atoms with van der Waals surface area (Å²) in [6.07, 6.45) is 5.65. The first-order valence-corrected chi connectivity index (χ1v) is 5.86. The summed E-state index contributed by atoms with van der Waals surface area (Å²) >= 11 is 0. The molecule has 0 atom stereocenters. The van der Waals surface area contributed by atoms with Crippen LogP contribution in [0.25, 0.3) is 0 Å². The van der Waals surface area contributed by atoms with Crippen molar-refractivity contribution in [2.75, 3.05) is 6.54 Å². The van der Waals surface area contributed by atoms with Crippen LogP contribution in [0.2, 0.25) is 0 Å². The molecule has 0 saturated heterocycles. The fourth-order valence-corrected chi connectivity index (χ4v) is 1.38. The van der Waals surface area contributed by atoms with Gasteiger partial charge < -0.3 is 5.32 Å². The molecular weight excluding hydrogens is 206 g/mol. The number of hydrazine groups is 1. The van der Waals surface area contributed by atoms with Gasteiger partial charge in [0.2, 0.25) is 0 Å². The minimum absolute atomic E-state index is 0.536. The molecule has 16 heavy (non-hydrogen) atoms. The fraction of sp³-hybridized carbons (Fsp3) is 0.818. The van der Waals surface area contributed by atoms with Crippen molar-refractivity contribution in [3.63, 3.8) is 0 Å². The number of carbonyl (C=O) groups is 2. The third-order valence-corrected chi connectivity index (χ3v) is 2.33. The van der Waals surface area contributed by atoms with Crippen LogP contribution in [-0.4, -0.2) is 18.4 Å². The molecule has 0 aromatic rings. The van der Waals surface area contributed by atoms with Crippen LogP contribution < -0.4 is 16.6 Å². The van der Waals surface area contributed by atoms with E-state index in [0.717, 1.165) is 18.8 Å². The van der Waals surface area contributed by atoms with Crippen molar-refractivity contribution in [1.29, 1.82) is 0 Å². The van der Waals surface area contributed by atoms with Gasteiger partial charge in [-0.15, -0.1) is 0 Å². The van der Waals surface area contributed by atoms with E-state index in [4.69, 9.17) is 5.84 Å². The lowest BCUT2D eigenvalue weighted by molar-refractivity contribution is -0.139. The Morgan fingerprint density at radius 3 is 2.25 bits per heavy atom. The highest BCUT2D eigenvalue weighted by Crippen LogP contribution is 2.08. The molecule has 94 valence electrons. The van der Waals surface area contributed by atoms with Gasteiger partial charge >= 0.3 is 11.8 Å². The molecule has 0 spiro atoms. The lowest BCUT2D eigenvalue weighted by Crippen LogP contribution is -2.43. The van der Waals surface area contributed by atoms with Crippen molar-refractivity contribution in [1.82, 2.24) is 10.7 Å². The van der Waals surface area contributed by atoms with Gasteiger partial charge in [-0.05, 0) is 12.3 Å². The van der Waals surface area contributed by atoms with E-state index >= 15 is 0 Å². The summed E-state index contributed by atoms with van der Waals surface area (Å²) in [5, 5.41) is 2.50. The van der Waals surface area contributed by atoms with E-state index in [2.05, 4.69) is 19.2 Å². The van der Waals surface area contributed by atoms with Gasteiger partial charge in [-0.3, -0.25) is 15.0 Å². The minimum atomic E-state index is -0.792. The molecule has 0 aromatic heterocycles. The molecule has 0 aliphatic heterocycles. The number of amides is 2.